The minimum absolute atomic E-state index is 0.198. The van der Waals surface area contributed by atoms with Crippen molar-refractivity contribution in [2.75, 3.05) is 0 Å². The van der Waals surface area contributed by atoms with Gasteiger partial charge < -0.3 is 10.3 Å². The van der Waals surface area contributed by atoms with Crippen LogP contribution in [0.5, 0.6) is 0 Å². The Labute approximate surface area is 104 Å². The molecule has 2 rings (SSSR count). The van der Waals surface area contributed by atoms with Crippen LogP contribution in [0.3, 0.4) is 0 Å². The van der Waals surface area contributed by atoms with Crippen LogP contribution in [0.1, 0.15) is 37.3 Å². The summed E-state index contributed by atoms with van der Waals surface area (Å²) >= 11 is 7.47. The first-order chi connectivity index (χ1) is 7.66. The molecule has 2 aromatic heterocycles. The van der Waals surface area contributed by atoms with E-state index in [1.807, 2.05) is 12.3 Å². The maximum absolute atomic E-state index is 5.91. The number of imidazole rings is 1. The van der Waals surface area contributed by atoms with Crippen LogP contribution in [0.2, 0.25) is 4.34 Å². The lowest BCUT2D eigenvalue weighted by Gasteiger charge is -2.17. The fourth-order valence-electron chi connectivity index (χ4n) is 1.61. The van der Waals surface area contributed by atoms with Crippen molar-refractivity contribution in [3.8, 4) is 0 Å². The Kier molecular flexibility index (Phi) is 3.63. The van der Waals surface area contributed by atoms with Gasteiger partial charge in [0.25, 0.3) is 0 Å². The van der Waals surface area contributed by atoms with E-state index in [4.69, 9.17) is 11.6 Å². The van der Waals surface area contributed by atoms with Gasteiger partial charge >= 0.3 is 0 Å². The first kappa shape index (κ1) is 11.6. The van der Waals surface area contributed by atoms with Crippen molar-refractivity contribution in [3.05, 3.63) is 39.6 Å². The van der Waals surface area contributed by atoms with Crippen molar-refractivity contribution < 1.29 is 0 Å². The van der Waals surface area contributed by atoms with Crippen LogP contribution in [-0.2, 0) is 0 Å². The van der Waals surface area contributed by atoms with E-state index in [1.165, 1.54) is 5.56 Å². The maximum Gasteiger partial charge on any atom is 0.122 e. The molecule has 0 spiro atoms. The van der Waals surface area contributed by atoms with E-state index in [-0.39, 0.29) is 12.1 Å². The molecule has 2 atom stereocenters. The molecule has 2 aromatic rings. The molecule has 3 nitrogen and oxygen atoms in total. The summed E-state index contributed by atoms with van der Waals surface area (Å²) in [5.41, 5.74) is 1.22. The number of aromatic amines is 1. The Morgan fingerprint density at radius 1 is 1.44 bits per heavy atom. The Bertz CT molecular complexity index is 438. The topological polar surface area (TPSA) is 40.7 Å². The molecule has 0 aliphatic heterocycles. The molecule has 86 valence electrons. The van der Waals surface area contributed by atoms with Gasteiger partial charge in [-0.1, -0.05) is 11.6 Å². The van der Waals surface area contributed by atoms with Crippen molar-refractivity contribution in [1.29, 1.82) is 0 Å². The summed E-state index contributed by atoms with van der Waals surface area (Å²) < 4.78 is 0.828. The average molecular weight is 256 g/mol. The highest BCUT2D eigenvalue weighted by Gasteiger charge is 2.13. The van der Waals surface area contributed by atoms with Gasteiger partial charge in [0.05, 0.1) is 10.4 Å². The predicted octanol–water partition coefficient (Wildman–Crippen LogP) is 3.54. The number of nitrogens with zero attached hydrogens (tertiary/aromatic N) is 1. The fourth-order valence-corrected chi connectivity index (χ4v) is 2.60. The molecule has 0 aliphatic carbocycles. The van der Waals surface area contributed by atoms with E-state index in [9.17, 15) is 0 Å². The zero-order valence-corrected chi connectivity index (χ0v) is 10.8. The van der Waals surface area contributed by atoms with Gasteiger partial charge in [-0.25, -0.2) is 4.98 Å². The van der Waals surface area contributed by atoms with Crippen molar-refractivity contribution in [2.24, 2.45) is 0 Å². The van der Waals surface area contributed by atoms with Gasteiger partial charge in [0.1, 0.15) is 5.82 Å². The molecule has 2 N–H and O–H groups in total. The Morgan fingerprint density at radius 3 is 2.81 bits per heavy atom. The van der Waals surface area contributed by atoms with Crippen LogP contribution in [0.25, 0.3) is 0 Å². The summed E-state index contributed by atoms with van der Waals surface area (Å²) in [6.45, 7) is 4.21. The second-order valence-electron chi connectivity index (χ2n) is 3.77. The highest BCUT2D eigenvalue weighted by atomic mass is 35.5. The molecule has 5 heteroatoms. The smallest absolute Gasteiger partial charge is 0.122 e. The summed E-state index contributed by atoms with van der Waals surface area (Å²) in [5, 5.41) is 5.54. The van der Waals surface area contributed by atoms with Crippen molar-refractivity contribution in [2.45, 2.75) is 25.9 Å². The van der Waals surface area contributed by atoms with Crippen LogP contribution in [0, 0.1) is 0 Å². The molecule has 16 heavy (non-hydrogen) atoms. The van der Waals surface area contributed by atoms with Crippen molar-refractivity contribution in [3.63, 3.8) is 0 Å². The van der Waals surface area contributed by atoms with E-state index < -0.39 is 0 Å². The quantitative estimate of drug-likeness (QED) is 0.877. The lowest BCUT2D eigenvalue weighted by atomic mass is 10.1. The van der Waals surface area contributed by atoms with Crippen LogP contribution in [0.15, 0.2) is 23.8 Å². The second kappa shape index (κ2) is 4.99. The highest BCUT2D eigenvalue weighted by Crippen LogP contribution is 2.25. The van der Waals surface area contributed by atoms with Gasteiger partial charge in [0, 0.05) is 18.4 Å². The standard InChI is InChI=1S/C11H14ClN3S/c1-7(9-5-10(12)16-6-9)15-8(2)11-13-3-4-14-11/h3-8,15H,1-2H3,(H,13,14). The lowest BCUT2D eigenvalue weighted by Crippen LogP contribution is -2.22. The summed E-state index contributed by atoms with van der Waals surface area (Å²) in [6.07, 6.45) is 3.60. The lowest BCUT2D eigenvalue weighted by molar-refractivity contribution is 0.480. The van der Waals surface area contributed by atoms with Crippen LogP contribution < -0.4 is 5.32 Å². The molecule has 2 heterocycles. The average Bonchev–Trinajstić information content (AvgIpc) is 2.87. The summed E-state index contributed by atoms with van der Waals surface area (Å²) in [4.78, 5) is 7.33. The number of aromatic nitrogens is 2. The normalized spacial score (nSPS) is 14.9. The maximum atomic E-state index is 5.91. The van der Waals surface area contributed by atoms with E-state index in [0.717, 1.165) is 10.2 Å². The largest absolute Gasteiger partial charge is 0.347 e. The Balaban J connectivity index is 2.00. The Morgan fingerprint density at radius 2 is 2.25 bits per heavy atom. The van der Waals surface area contributed by atoms with Crippen LogP contribution in [0.4, 0.5) is 0 Å². The minimum atomic E-state index is 0.198. The van der Waals surface area contributed by atoms with Crippen LogP contribution >= 0.6 is 22.9 Å². The second-order valence-corrected chi connectivity index (χ2v) is 5.31. The van der Waals surface area contributed by atoms with E-state index in [0.29, 0.717) is 0 Å². The van der Waals surface area contributed by atoms with Gasteiger partial charge in [-0.05, 0) is 30.9 Å². The number of hydrogen-bond acceptors (Lipinski definition) is 3. The molecule has 0 saturated heterocycles. The molecule has 0 bridgehead atoms. The predicted molar refractivity (Wildman–Crippen MR) is 67.9 cm³/mol. The zero-order valence-electron chi connectivity index (χ0n) is 9.20. The Hall–Kier alpha value is -0.840. The molecular formula is C11H14ClN3S. The molecule has 0 saturated carbocycles. The third-order valence-electron chi connectivity index (χ3n) is 2.52. The SMILES string of the molecule is CC(NC(C)c1ncc[nH]1)c1csc(Cl)c1. The molecule has 0 amide bonds. The first-order valence-electron chi connectivity index (χ1n) is 5.16. The van der Waals surface area contributed by atoms with Gasteiger partial charge in [0.15, 0.2) is 0 Å². The number of hydrogen-bond donors (Lipinski definition) is 2. The highest BCUT2D eigenvalue weighted by molar-refractivity contribution is 7.14. The molecule has 0 radical (unpaired) electrons. The zero-order chi connectivity index (χ0) is 11.5. The number of nitrogens with one attached hydrogen (secondary N) is 2. The number of H-pyrrole nitrogens is 1. The number of thiophene rings is 1. The molecule has 0 aliphatic rings. The fraction of sp³-hybridized carbons (Fsp3) is 0.364. The summed E-state index contributed by atoms with van der Waals surface area (Å²) in [5.74, 6) is 0.952. The molecule has 0 fully saturated rings. The van der Waals surface area contributed by atoms with E-state index in [1.54, 1.807) is 17.5 Å². The molecular weight excluding hydrogens is 242 g/mol. The van der Waals surface area contributed by atoms with E-state index in [2.05, 4.69) is 34.5 Å². The summed E-state index contributed by atoms with van der Waals surface area (Å²) in [6, 6.07) is 2.46. The van der Waals surface area contributed by atoms with Gasteiger partial charge in [-0.2, -0.15) is 0 Å². The third kappa shape index (κ3) is 2.64. The van der Waals surface area contributed by atoms with Crippen molar-refractivity contribution in [1.82, 2.24) is 15.3 Å². The minimum Gasteiger partial charge on any atom is -0.347 e. The van der Waals surface area contributed by atoms with Crippen molar-refractivity contribution >= 4 is 22.9 Å². The molecule has 2 unspecified atom stereocenters. The van der Waals surface area contributed by atoms with Gasteiger partial charge in [-0.3, -0.25) is 0 Å². The third-order valence-corrected chi connectivity index (χ3v) is 3.63. The summed E-state index contributed by atoms with van der Waals surface area (Å²) in [7, 11) is 0. The number of rotatable bonds is 4. The van der Waals surface area contributed by atoms with Gasteiger partial charge in [0.2, 0.25) is 0 Å². The first-order valence-corrected chi connectivity index (χ1v) is 6.42. The van der Waals surface area contributed by atoms with E-state index >= 15 is 0 Å². The van der Waals surface area contributed by atoms with Gasteiger partial charge in [-0.15, -0.1) is 11.3 Å². The van der Waals surface area contributed by atoms with Crippen LogP contribution in [-0.4, -0.2) is 9.97 Å². The molecule has 0 aromatic carbocycles. The number of halogens is 1. The monoisotopic (exact) mass is 255 g/mol.